The summed E-state index contributed by atoms with van der Waals surface area (Å²) in [6.45, 7) is 10.6. The molecule has 0 spiro atoms. The third-order valence-corrected chi connectivity index (χ3v) is 5.19. The van der Waals surface area contributed by atoms with E-state index >= 15 is 0 Å². The average Bonchev–Trinajstić information content (AvgIpc) is 3.20. The summed E-state index contributed by atoms with van der Waals surface area (Å²) < 4.78 is 5.57. The molecule has 1 aromatic rings. The van der Waals surface area contributed by atoms with E-state index in [4.69, 9.17) is 4.74 Å². The van der Waals surface area contributed by atoms with E-state index in [2.05, 4.69) is 11.0 Å². The van der Waals surface area contributed by atoms with E-state index in [-0.39, 0.29) is 17.9 Å². The molecule has 3 rings (SSSR count). The van der Waals surface area contributed by atoms with Crippen molar-refractivity contribution < 1.29 is 14.3 Å². The van der Waals surface area contributed by atoms with Crippen LogP contribution in [0.15, 0.2) is 23.9 Å². The van der Waals surface area contributed by atoms with Crippen molar-refractivity contribution >= 4 is 17.4 Å². The zero-order valence-electron chi connectivity index (χ0n) is 16.9. The Hall–Kier alpha value is -2.14. The summed E-state index contributed by atoms with van der Waals surface area (Å²) in [6.07, 6.45) is 2.93. The Labute approximate surface area is 162 Å². The second kappa shape index (κ2) is 8.26. The van der Waals surface area contributed by atoms with Gasteiger partial charge in [-0.1, -0.05) is 23.8 Å². The van der Waals surface area contributed by atoms with Crippen LogP contribution < -0.4 is 0 Å². The minimum Gasteiger partial charge on any atom is -0.379 e. The van der Waals surface area contributed by atoms with Crippen molar-refractivity contribution in [3.8, 4) is 0 Å². The zero-order valence-corrected chi connectivity index (χ0v) is 16.9. The lowest BCUT2D eigenvalue weighted by atomic mass is 9.97. The fourth-order valence-corrected chi connectivity index (χ4v) is 3.88. The Kier molecular flexibility index (Phi) is 6.00. The number of likely N-dealkylation sites (tertiary alicyclic amines) is 1. The van der Waals surface area contributed by atoms with Crippen LogP contribution in [0.5, 0.6) is 0 Å². The molecular formula is C22H30N2O3. The highest BCUT2D eigenvalue weighted by atomic mass is 16.5. The quantitative estimate of drug-likeness (QED) is 0.546. The van der Waals surface area contributed by atoms with Gasteiger partial charge >= 0.3 is 0 Å². The fraction of sp³-hybridized carbons (Fsp3) is 0.545. The van der Waals surface area contributed by atoms with Crippen molar-refractivity contribution in [1.82, 2.24) is 9.80 Å². The number of ether oxygens (including phenoxy) is 1. The van der Waals surface area contributed by atoms with Gasteiger partial charge in [-0.25, -0.2) is 0 Å². The van der Waals surface area contributed by atoms with Gasteiger partial charge in [-0.3, -0.25) is 14.5 Å². The molecule has 2 heterocycles. The van der Waals surface area contributed by atoms with E-state index in [1.54, 1.807) is 0 Å². The van der Waals surface area contributed by atoms with Gasteiger partial charge in [0.1, 0.15) is 5.70 Å². The Morgan fingerprint density at radius 1 is 1.07 bits per heavy atom. The van der Waals surface area contributed by atoms with Gasteiger partial charge in [-0.05, 0) is 58.1 Å². The van der Waals surface area contributed by atoms with E-state index in [1.165, 1.54) is 4.90 Å². The Morgan fingerprint density at radius 2 is 1.78 bits per heavy atom. The molecular weight excluding hydrogens is 340 g/mol. The minimum atomic E-state index is -0.168. The maximum Gasteiger partial charge on any atom is 0.277 e. The van der Waals surface area contributed by atoms with Gasteiger partial charge in [-0.15, -0.1) is 0 Å². The summed E-state index contributed by atoms with van der Waals surface area (Å²) in [6, 6.07) is 6.06. The summed E-state index contributed by atoms with van der Waals surface area (Å²) in [4.78, 5) is 29.9. The smallest absolute Gasteiger partial charge is 0.277 e. The van der Waals surface area contributed by atoms with Gasteiger partial charge in [-0.2, -0.15) is 0 Å². The van der Waals surface area contributed by atoms with Gasteiger partial charge in [0.15, 0.2) is 0 Å². The second-order valence-corrected chi connectivity index (χ2v) is 7.77. The van der Waals surface area contributed by atoms with Crippen molar-refractivity contribution in [3.63, 3.8) is 0 Å². The molecule has 1 fully saturated rings. The number of imide groups is 1. The summed E-state index contributed by atoms with van der Waals surface area (Å²) in [5.41, 5.74) is 4.23. The number of hydrogen-bond donors (Lipinski definition) is 0. The highest BCUT2D eigenvalue weighted by Gasteiger charge is 2.42. The van der Waals surface area contributed by atoms with Gasteiger partial charge < -0.3 is 9.64 Å². The van der Waals surface area contributed by atoms with Gasteiger partial charge in [0, 0.05) is 26.2 Å². The molecule has 5 heteroatoms. The van der Waals surface area contributed by atoms with Gasteiger partial charge in [0.2, 0.25) is 0 Å². The molecule has 0 aliphatic carbocycles. The summed E-state index contributed by atoms with van der Waals surface area (Å²) >= 11 is 0. The lowest BCUT2D eigenvalue weighted by molar-refractivity contribution is -0.137. The molecule has 2 amide bonds. The zero-order chi connectivity index (χ0) is 19.6. The molecule has 5 nitrogen and oxygen atoms in total. The lowest BCUT2D eigenvalue weighted by Gasteiger charge is -2.20. The average molecular weight is 370 g/mol. The molecule has 2 aliphatic heterocycles. The van der Waals surface area contributed by atoms with E-state index in [0.29, 0.717) is 30.8 Å². The standard InChI is InChI=1S/C22H30N2O3/c1-15(2)27-13-7-12-24-21(25)19(18-9-8-16(3)14-17(18)4)20(22(24)26)23-10-5-6-11-23/h8-9,14-15H,5-7,10-13H2,1-4H3. The Morgan fingerprint density at radius 3 is 2.41 bits per heavy atom. The summed E-state index contributed by atoms with van der Waals surface area (Å²) in [5.74, 6) is -0.320. The fourth-order valence-electron chi connectivity index (χ4n) is 3.88. The largest absolute Gasteiger partial charge is 0.379 e. The van der Waals surface area contributed by atoms with Crippen LogP contribution >= 0.6 is 0 Å². The van der Waals surface area contributed by atoms with Crippen LogP contribution in [0.3, 0.4) is 0 Å². The van der Waals surface area contributed by atoms with E-state index in [9.17, 15) is 9.59 Å². The van der Waals surface area contributed by atoms with Crippen LogP contribution in [0.2, 0.25) is 0 Å². The minimum absolute atomic E-state index is 0.151. The first kappa shape index (κ1) is 19.6. The third kappa shape index (κ3) is 4.08. The lowest BCUT2D eigenvalue weighted by Crippen LogP contribution is -2.35. The molecule has 1 saturated heterocycles. The maximum absolute atomic E-state index is 13.2. The second-order valence-electron chi connectivity index (χ2n) is 7.77. The predicted octanol–water partition coefficient (Wildman–Crippen LogP) is 3.29. The number of nitrogens with zero attached hydrogens (tertiary/aromatic N) is 2. The molecule has 0 saturated carbocycles. The predicted molar refractivity (Wildman–Crippen MR) is 106 cm³/mol. The van der Waals surface area contributed by atoms with Crippen molar-refractivity contribution in [2.45, 2.75) is 53.1 Å². The molecule has 27 heavy (non-hydrogen) atoms. The van der Waals surface area contributed by atoms with E-state index < -0.39 is 0 Å². The summed E-state index contributed by atoms with van der Waals surface area (Å²) in [5, 5.41) is 0. The van der Waals surface area contributed by atoms with Crippen molar-refractivity contribution in [2.75, 3.05) is 26.2 Å². The number of amides is 2. The first-order chi connectivity index (χ1) is 12.9. The molecule has 2 aliphatic rings. The van der Waals surface area contributed by atoms with E-state index in [0.717, 1.165) is 42.6 Å². The molecule has 0 radical (unpaired) electrons. The topological polar surface area (TPSA) is 49.9 Å². The molecule has 146 valence electrons. The number of rotatable bonds is 7. The van der Waals surface area contributed by atoms with Crippen LogP contribution in [0.25, 0.3) is 5.57 Å². The Balaban J connectivity index is 1.90. The first-order valence-corrected chi connectivity index (χ1v) is 9.94. The third-order valence-electron chi connectivity index (χ3n) is 5.19. The van der Waals surface area contributed by atoms with Gasteiger partial charge in [0.25, 0.3) is 11.8 Å². The van der Waals surface area contributed by atoms with Crippen LogP contribution in [-0.4, -0.2) is 54.0 Å². The molecule has 1 aromatic carbocycles. The Bertz CT molecular complexity index is 761. The first-order valence-electron chi connectivity index (χ1n) is 9.94. The van der Waals surface area contributed by atoms with Crippen molar-refractivity contribution in [3.05, 3.63) is 40.6 Å². The highest BCUT2D eigenvalue weighted by Crippen LogP contribution is 2.35. The van der Waals surface area contributed by atoms with Crippen molar-refractivity contribution in [1.29, 1.82) is 0 Å². The normalized spacial score (nSPS) is 17.8. The number of carbonyl (C=O) groups excluding carboxylic acids is 2. The highest BCUT2D eigenvalue weighted by molar-refractivity contribution is 6.35. The number of aryl methyl sites for hydroxylation is 2. The summed E-state index contributed by atoms with van der Waals surface area (Å²) in [7, 11) is 0. The van der Waals surface area contributed by atoms with Crippen LogP contribution in [0.4, 0.5) is 0 Å². The number of benzene rings is 1. The molecule has 0 aromatic heterocycles. The number of hydrogen-bond acceptors (Lipinski definition) is 4. The SMILES string of the molecule is Cc1ccc(C2=C(N3CCCC3)C(=O)N(CCCOC(C)C)C2=O)c(C)c1. The van der Waals surface area contributed by atoms with Crippen LogP contribution in [-0.2, 0) is 14.3 Å². The van der Waals surface area contributed by atoms with Gasteiger partial charge in [0.05, 0.1) is 11.7 Å². The molecule has 0 N–H and O–H groups in total. The van der Waals surface area contributed by atoms with Crippen LogP contribution in [0.1, 0.15) is 49.8 Å². The van der Waals surface area contributed by atoms with Crippen molar-refractivity contribution in [2.24, 2.45) is 0 Å². The maximum atomic E-state index is 13.2. The molecule has 0 atom stereocenters. The van der Waals surface area contributed by atoms with E-state index in [1.807, 2.05) is 39.8 Å². The molecule has 0 bridgehead atoms. The molecule has 0 unspecified atom stereocenters. The number of carbonyl (C=O) groups is 2. The monoisotopic (exact) mass is 370 g/mol. The van der Waals surface area contributed by atoms with Crippen LogP contribution in [0, 0.1) is 13.8 Å².